The van der Waals surface area contributed by atoms with Gasteiger partial charge in [-0.15, -0.1) is 5.10 Å². The van der Waals surface area contributed by atoms with E-state index in [0.717, 1.165) is 11.5 Å². The Morgan fingerprint density at radius 3 is 2.59 bits per heavy atom. The van der Waals surface area contributed by atoms with E-state index in [1.54, 1.807) is 13.8 Å². The second kappa shape index (κ2) is 4.46. The molecule has 1 aromatic carbocycles. The Labute approximate surface area is 101 Å². The number of benzene rings is 1. The van der Waals surface area contributed by atoms with Crippen molar-refractivity contribution in [3.05, 3.63) is 45.5 Å². The highest BCUT2D eigenvalue weighted by Crippen LogP contribution is 2.29. The average Bonchev–Trinajstić information content (AvgIpc) is 2.70. The Balaban J connectivity index is 2.55. The average molecular weight is 255 g/mol. The predicted molar refractivity (Wildman–Crippen MR) is 61.8 cm³/mol. The molecule has 2 aromatic rings. The van der Waals surface area contributed by atoms with Crippen LogP contribution < -0.4 is 5.73 Å². The van der Waals surface area contributed by atoms with Gasteiger partial charge < -0.3 is 5.73 Å². The smallest absolute Gasteiger partial charge is 0.134 e. The summed E-state index contributed by atoms with van der Waals surface area (Å²) in [6.07, 6.45) is 0. The van der Waals surface area contributed by atoms with Crippen molar-refractivity contribution in [3.8, 4) is 0 Å². The van der Waals surface area contributed by atoms with Crippen molar-refractivity contribution in [3.63, 3.8) is 0 Å². The van der Waals surface area contributed by atoms with Crippen LogP contribution in [0.25, 0.3) is 0 Å². The lowest BCUT2D eigenvalue weighted by Crippen LogP contribution is -2.16. The molecule has 0 amide bonds. The number of hydrogen-bond donors (Lipinski definition) is 1. The van der Waals surface area contributed by atoms with Gasteiger partial charge in [0.05, 0.1) is 16.6 Å². The first kappa shape index (κ1) is 12.1. The fraction of sp³-hybridized carbons (Fsp3) is 0.273. The molecule has 6 heteroatoms. The Hall–Kier alpha value is -1.40. The van der Waals surface area contributed by atoms with Crippen molar-refractivity contribution in [2.24, 2.45) is 5.73 Å². The van der Waals surface area contributed by atoms with Crippen molar-refractivity contribution in [2.45, 2.75) is 19.9 Å². The van der Waals surface area contributed by atoms with E-state index in [-0.39, 0.29) is 5.56 Å². The second-order valence-corrected chi connectivity index (χ2v) is 4.58. The molecule has 0 aliphatic heterocycles. The molecule has 1 unspecified atom stereocenters. The molecule has 0 aliphatic rings. The molecular weight excluding hydrogens is 244 g/mol. The second-order valence-electron chi connectivity index (χ2n) is 3.79. The first-order chi connectivity index (χ1) is 8.02. The standard InChI is InChI=1S/C11H11F2N3S/c1-5-3-4-7(12)8(9(5)13)10(14)11-6(2)15-16-17-11/h3-4,10H,14H2,1-2H3. The highest BCUT2D eigenvalue weighted by molar-refractivity contribution is 7.05. The number of halogens is 2. The summed E-state index contributed by atoms with van der Waals surface area (Å²) >= 11 is 1.06. The fourth-order valence-electron chi connectivity index (χ4n) is 1.62. The molecule has 17 heavy (non-hydrogen) atoms. The van der Waals surface area contributed by atoms with Gasteiger partial charge in [0.25, 0.3) is 0 Å². The van der Waals surface area contributed by atoms with Gasteiger partial charge >= 0.3 is 0 Å². The van der Waals surface area contributed by atoms with E-state index < -0.39 is 17.7 Å². The molecule has 90 valence electrons. The number of nitrogens with two attached hydrogens (primary N) is 1. The highest BCUT2D eigenvalue weighted by Gasteiger charge is 2.23. The van der Waals surface area contributed by atoms with Crippen molar-refractivity contribution in [1.29, 1.82) is 0 Å². The third-order valence-electron chi connectivity index (χ3n) is 2.60. The van der Waals surface area contributed by atoms with Crippen LogP contribution in [0.1, 0.15) is 27.7 Å². The predicted octanol–water partition coefficient (Wildman–Crippen LogP) is 2.48. The van der Waals surface area contributed by atoms with E-state index in [0.29, 0.717) is 16.1 Å². The number of hydrogen-bond acceptors (Lipinski definition) is 4. The molecule has 2 rings (SSSR count). The van der Waals surface area contributed by atoms with E-state index in [4.69, 9.17) is 5.73 Å². The van der Waals surface area contributed by atoms with Crippen LogP contribution in [-0.2, 0) is 0 Å². The van der Waals surface area contributed by atoms with E-state index in [1.807, 2.05) is 0 Å². The summed E-state index contributed by atoms with van der Waals surface area (Å²) in [6, 6.07) is 1.74. The van der Waals surface area contributed by atoms with Crippen molar-refractivity contribution in [1.82, 2.24) is 9.59 Å². The fourth-order valence-corrected chi connectivity index (χ4v) is 2.27. The zero-order valence-corrected chi connectivity index (χ0v) is 10.2. The normalized spacial score (nSPS) is 12.8. The summed E-state index contributed by atoms with van der Waals surface area (Å²) in [5.74, 6) is -1.25. The van der Waals surface area contributed by atoms with E-state index in [1.165, 1.54) is 12.1 Å². The van der Waals surface area contributed by atoms with Crippen molar-refractivity contribution in [2.75, 3.05) is 0 Å². The molecule has 0 saturated heterocycles. The minimum Gasteiger partial charge on any atom is -0.319 e. The van der Waals surface area contributed by atoms with Gasteiger partial charge in [-0.05, 0) is 37.0 Å². The highest BCUT2D eigenvalue weighted by atomic mass is 32.1. The van der Waals surface area contributed by atoms with Gasteiger partial charge in [-0.1, -0.05) is 10.6 Å². The number of aromatic nitrogens is 2. The van der Waals surface area contributed by atoms with Gasteiger partial charge in [0, 0.05) is 5.56 Å². The Kier molecular flexibility index (Phi) is 3.17. The maximum Gasteiger partial charge on any atom is 0.134 e. The molecule has 3 nitrogen and oxygen atoms in total. The quantitative estimate of drug-likeness (QED) is 0.897. The van der Waals surface area contributed by atoms with Crippen LogP contribution in [0.2, 0.25) is 0 Å². The van der Waals surface area contributed by atoms with Crippen LogP contribution in [0.3, 0.4) is 0 Å². The largest absolute Gasteiger partial charge is 0.319 e. The monoisotopic (exact) mass is 255 g/mol. The van der Waals surface area contributed by atoms with Crippen LogP contribution >= 0.6 is 11.5 Å². The van der Waals surface area contributed by atoms with Crippen LogP contribution in [-0.4, -0.2) is 9.59 Å². The first-order valence-electron chi connectivity index (χ1n) is 5.01. The Morgan fingerprint density at radius 2 is 2.00 bits per heavy atom. The molecule has 0 spiro atoms. The number of nitrogens with zero attached hydrogens (tertiary/aromatic N) is 2. The molecule has 0 radical (unpaired) electrons. The van der Waals surface area contributed by atoms with Gasteiger partial charge in [0.2, 0.25) is 0 Å². The minimum atomic E-state index is -0.866. The lowest BCUT2D eigenvalue weighted by atomic mass is 10.0. The summed E-state index contributed by atoms with van der Waals surface area (Å²) in [5, 5.41) is 3.79. The van der Waals surface area contributed by atoms with Crippen LogP contribution in [0.4, 0.5) is 8.78 Å². The summed E-state index contributed by atoms with van der Waals surface area (Å²) in [6.45, 7) is 3.28. The van der Waals surface area contributed by atoms with Gasteiger partial charge in [0.15, 0.2) is 0 Å². The zero-order valence-electron chi connectivity index (χ0n) is 9.37. The van der Waals surface area contributed by atoms with E-state index in [9.17, 15) is 8.78 Å². The molecule has 0 bridgehead atoms. The van der Waals surface area contributed by atoms with Gasteiger partial charge in [-0.2, -0.15) is 0 Å². The maximum absolute atomic E-state index is 13.9. The molecule has 0 saturated carbocycles. The topological polar surface area (TPSA) is 51.8 Å². The number of aryl methyl sites for hydroxylation is 2. The van der Waals surface area contributed by atoms with Crippen LogP contribution in [0, 0.1) is 25.5 Å². The van der Waals surface area contributed by atoms with Crippen LogP contribution in [0.5, 0.6) is 0 Å². The molecule has 1 heterocycles. The maximum atomic E-state index is 13.9. The van der Waals surface area contributed by atoms with Gasteiger partial charge in [-0.3, -0.25) is 0 Å². The number of rotatable bonds is 2. The van der Waals surface area contributed by atoms with Crippen molar-refractivity contribution >= 4 is 11.5 Å². The van der Waals surface area contributed by atoms with Gasteiger partial charge in [-0.25, -0.2) is 8.78 Å². The summed E-state index contributed by atoms with van der Waals surface area (Å²) in [4.78, 5) is 0.577. The molecule has 1 atom stereocenters. The third kappa shape index (κ3) is 2.05. The summed E-state index contributed by atoms with van der Waals surface area (Å²) < 4.78 is 31.2. The summed E-state index contributed by atoms with van der Waals surface area (Å²) in [5.41, 5.74) is 6.72. The minimum absolute atomic E-state index is 0.126. The molecule has 1 aromatic heterocycles. The Morgan fingerprint density at radius 1 is 1.29 bits per heavy atom. The molecule has 0 aliphatic carbocycles. The lowest BCUT2D eigenvalue weighted by Gasteiger charge is -2.13. The Bertz CT molecular complexity index is 554. The lowest BCUT2D eigenvalue weighted by molar-refractivity contribution is 0.539. The summed E-state index contributed by atoms with van der Waals surface area (Å²) in [7, 11) is 0. The van der Waals surface area contributed by atoms with E-state index >= 15 is 0 Å². The van der Waals surface area contributed by atoms with Crippen molar-refractivity contribution < 1.29 is 8.78 Å². The molecule has 2 N–H and O–H groups in total. The molecular formula is C11H11F2N3S. The van der Waals surface area contributed by atoms with E-state index in [2.05, 4.69) is 9.59 Å². The third-order valence-corrected chi connectivity index (χ3v) is 3.51. The molecule has 0 fully saturated rings. The first-order valence-corrected chi connectivity index (χ1v) is 5.78. The SMILES string of the molecule is Cc1ccc(F)c(C(N)c2snnc2C)c1F. The van der Waals surface area contributed by atoms with Gasteiger partial charge in [0.1, 0.15) is 11.6 Å². The van der Waals surface area contributed by atoms with Crippen LogP contribution in [0.15, 0.2) is 12.1 Å². The zero-order chi connectivity index (χ0) is 12.6.